The molecular formula is C13H13NO3S. The second-order valence-electron chi connectivity index (χ2n) is 4.10. The Morgan fingerprint density at radius 2 is 2.11 bits per heavy atom. The molecule has 1 heterocycles. The second-order valence-corrected chi connectivity index (χ2v) is 5.18. The maximum atomic E-state index is 11.8. The molecule has 0 aliphatic heterocycles. The lowest BCUT2D eigenvalue weighted by Crippen LogP contribution is -2.30. The van der Waals surface area contributed by atoms with Crippen molar-refractivity contribution in [3.63, 3.8) is 0 Å². The molecule has 0 spiro atoms. The van der Waals surface area contributed by atoms with E-state index in [2.05, 4.69) is 5.32 Å². The van der Waals surface area contributed by atoms with Crippen molar-refractivity contribution in [1.29, 1.82) is 0 Å². The second kappa shape index (κ2) is 5.18. The van der Waals surface area contributed by atoms with E-state index in [4.69, 9.17) is 5.11 Å². The third-order valence-electron chi connectivity index (χ3n) is 2.64. The maximum absolute atomic E-state index is 11.8. The van der Waals surface area contributed by atoms with Crippen LogP contribution in [-0.2, 0) is 4.79 Å². The minimum Gasteiger partial charge on any atom is -0.481 e. The quantitative estimate of drug-likeness (QED) is 0.889. The Balaban J connectivity index is 2.07. The van der Waals surface area contributed by atoms with Crippen LogP contribution in [-0.4, -0.2) is 23.5 Å². The van der Waals surface area contributed by atoms with Crippen LogP contribution in [0.1, 0.15) is 16.6 Å². The van der Waals surface area contributed by atoms with E-state index in [1.807, 2.05) is 30.3 Å². The van der Waals surface area contributed by atoms with Crippen LogP contribution in [0.15, 0.2) is 30.3 Å². The highest BCUT2D eigenvalue weighted by Gasteiger charge is 2.14. The number of aliphatic carboxylic acids is 1. The third kappa shape index (κ3) is 2.68. The normalized spacial score (nSPS) is 12.3. The van der Waals surface area contributed by atoms with E-state index in [9.17, 15) is 9.59 Å². The topological polar surface area (TPSA) is 66.4 Å². The fraction of sp³-hybridized carbons (Fsp3) is 0.231. The molecule has 0 radical (unpaired) electrons. The van der Waals surface area contributed by atoms with Gasteiger partial charge in [0.1, 0.15) is 0 Å². The van der Waals surface area contributed by atoms with Gasteiger partial charge in [-0.05, 0) is 17.5 Å². The number of amides is 1. The maximum Gasteiger partial charge on any atom is 0.308 e. The number of nitrogens with one attached hydrogen (secondary N) is 1. The molecule has 94 valence electrons. The van der Waals surface area contributed by atoms with E-state index in [0.29, 0.717) is 4.88 Å². The Labute approximate surface area is 108 Å². The zero-order valence-corrected chi connectivity index (χ0v) is 10.7. The van der Waals surface area contributed by atoms with E-state index in [0.717, 1.165) is 10.1 Å². The fourth-order valence-electron chi connectivity index (χ4n) is 1.51. The van der Waals surface area contributed by atoms with E-state index < -0.39 is 11.9 Å². The number of rotatable bonds is 4. The number of carbonyl (C=O) groups excluding carboxylic acids is 1. The van der Waals surface area contributed by atoms with Gasteiger partial charge in [0.05, 0.1) is 10.8 Å². The van der Waals surface area contributed by atoms with Crippen molar-refractivity contribution in [3.8, 4) is 0 Å². The molecule has 2 N–H and O–H groups in total. The largest absolute Gasteiger partial charge is 0.481 e. The summed E-state index contributed by atoms with van der Waals surface area (Å²) in [6.45, 7) is 1.70. The fourth-order valence-corrected chi connectivity index (χ4v) is 2.49. The third-order valence-corrected chi connectivity index (χ3v) is 3.75. The highest BCUT2D eigenvalue weighted by Crippen LogP contribution is 2.24. The van der Waals surface area contributed by atoms with Crippen molar-refractivity contribution < 1.29 is 14.7 Å². The Morgan fingerprint density at radius 1 is 1.39 bits per heavy atom. The summed E-state index contributed by atoms with van der Waals surface area (Å²) in [5.74, 6) is -1.71. The smallest absolute Gasteiger partial charge is 0.308 e. The Kier molecular flexibility index (Phi) is 3.62. The molecule has 0 aliphatic rings. The summed E-state index contributed by atoms with van der Waals surface area (Å²) >= 11 is 1.41. The van der Waals surface area contributed by atoms with Crippen LogP contribution >= 0.6 is 11.3 Å². The van der Waals surface area contributed by atoms with Gasteiger partial charge in [0.15, 0.2) is 0 Å². The Hall–Kier alpha value is -1.88. The lowest BCUT2D eigenvalue weighted by molar-refractivity contribution is -0.140. The van der Waals surface area contributed by atoms with Crippen LogP contribution in [0.4, 0.5) is 0 Å². The van der Waals surface area contributed by atoms with Gasteiger partial charge in [-0.3, -0.25) is 9.59 Å². The molecule has 0 saturated carbocycles. The molecule has 2 rings (SSSR count). The van der Waals surface area contributed by atoms with Crippen LogP contribution in [0.2, 0.25) is 0 Å². The van der Waals surface area contributed by atoms with Gasteiger partial charge in [-0.2, -0.15) is 0 Å². The van der Waals surface area contributed by atoms with Crippen molar-refractivity contribution >= 4 is 33.3 Å². The molecule has 0 fully saturated rings. The number of benzene rings is 1. The molecule has 2 aromatic rings. The van der Waals surface area contributed by atoms with Gasteiger partial charge in [-0.25, -0.2) is 0 Å². The predicted octanol–water partition coefficient (Wildman–Crippen LogP) is 2.35. The summed E-state index contributed by atoms with van der Waals surface area (Å²) < 4.78 is 1.05. The number of carbonyl (C=O) groups is 2. The van der Waals surface area contributed by atoms with Crippen LogP contribution in [0, 0.1) is 5.92 Å². The minimum atomic E-state index is -0.911. The molecule has 1 atom stereocenters. The summed E-state index contributed by atoms with van der Waals surface area (Å²) in [6.07, 6.45) is 0. The number of hydrogen-bond acceptors (Lipinski definition) is 3. The molecule has 1 amide bonds. The van der Waals surface area contributed by atoms with Gasteiger partial charge in [-0.15, -0.1) is 11.3 Å². The van der Waals surface area contributed by atoms with Crippen LogP contribution in [0.25, 0.3) is 10.1 Å². The molecule has 5 heteroatoms. The highest BCUT2D eigenvalue weighted by atomic mass is 32.1. The summed E-state index contributed by atoms with van der Waals surface area (Å²) in [4.78, 5) is 23.1. The monoisotopic (exact) mass is 263 g/mol. The first-order chi connectivity index (χ1) is 8.58. The van der Waals surface area contributed by atoms with Crippen LogP contribution in [0.5, 0.6) is 0 Å². The van der Waals surface area contributed by atoms with Gasteiger partial charge in [-0.1, -0.05) is 25.1 Å². The van der Waals surface area contributed by atoms with E-state index in [1.54, 1.807) is 6.92 Å². The molecule has 0 saturated heterocycles. The number of hydrogen-bond donors (Lipinski definition) is 2. The number of thiophene rings is 1. The molecule has 1 aromatic heterocycles. The van der Waals surface area contributed by atoms with E-state index in [1.165, 1.54) is 11.3 Å². The van der Waals surface area contributed by atoms with E-state index in [-0.39, 0.29) is 12.5 Å². The summed E-state index contributed by atoms with van der Waals surface area (Å²) in [5, 5.41) is 12.4. The van der Waals surface area contributed by atoms with Gasteiger partial charge in [0.25, 0.3) is 5.91 Å². The highest BCUT2D eigenvalue weighted by molar-refractivity contribution is 7.20. The van der Waals surface area contributed by atoms with Crippen molar-refractivity contribution in [2.45, 2.75) is 6.92 Å². The number of carboxylic acid groups (broad SMARTS) is 1. The summed E-state index contributed by atoms with van der Waals surface area (Å²) in [6, 6.07) is 9.57. The SMILES string of the molecule is CC(CNC(=O)c1cc2ccccc2s1)C(=O)O. The first kappa shape index (κ1) is 12.6. The summed E-state index contributed by atoms with van der Waals surface area (Å²) in [7, 11) is 0. The first-order valence-electron chi connectivity index (χ1n) is 5.57. The van der Waals surface area contributed by atoms with Crippen molar-refractivity contribution in [3.05, 3.63) is 35.2 Å². The zero-order valence-electron chi connectivity index (χ0n) is 9.84. The lowest BCUT2D eigenvalue weighted by Gasteiger charge is -2.06. The molecule has 0 bridgehead atoms. The first-order valence-corrected chi connectivity index (χ1v) is 6.39. The number of carboxylic acids is 1. The van der Waals surface area contributed by atoms with Crippen molar-refractivity contribution in [2.24, 2.45) is 5.92 Å². The van der Waals surface area contributed by atoms with Gasteiger partial charge < -0.3 is 10.4 Å². The minimum absolute atomic E-state index is 0.141. The average Bonchev–Trinajstić information content (AvgIpc) is 2.79. The van der Waals surface area contributed by atoms with Gasteiger partial charge in [0.2, 0.25) is 0 Å². The summed E-state index contributed by atoms with van der Waals surface area (Å²) in [5.41, 5.74) is 0. The van der Waals surface area contributed by atoms with Crippen molar-refractivity contribution in [1.82, 2.24) is 5.32 Å². The molecule has 18 heavy (non-hydrogen) atoms. The van der Waals surface area contributed by atoms with Gasteiger partial charge >= 0.3 is 5.97 Å². The average molecular weight is 263 g/mol. The molecule has 1 aromatic carbocycles. The molecular weight excluding hydrogens is 250 g/mol. The van der Waals surface area contributed by atoms with Crippen LogP contribution in [0.3, 0.4) is 0 Å². The standard InChI is InChI=1S/C13H13NO3S/c1-8(13(16)17)7-14-12(15)11-6-9-4-2-3-5-10(9)18-11/h2-6,8H,7H2,1H3,(H,14,15)(H,16,17). The zero-order chi connectivity index (χ0) is 13.1. The Morgan fingerprint density at radius 3 is 2.78 bits per heavy atom. The molecule has 4 nitrogen and oxygen atoms in total. The number of fused-ring (bicyclic) bond motifs is 1. The van der Waals surface area contributed by atoms with Crippen molar-refractivity contribution in [2.75, 3.05) is 6.54 Å². The lowest BCUT2D eigenvalue weighted by atomic mass is 10.2. The predicted molar refractivity (Wildman–Crippen MR) is 71.0 cm³/mol. The van der Waals surface area contributed by atoms with Gasteiger partial charge in [0, 0.05) is 11.2 Å². The molecule has 0 aliphatic carbocycles. The molecule has 1 unspecified atom stereocenters. The Bertz CT molecular complexity index is 558. The van der Waals surface area contributed by atoms with Crippen LogP contribution < -0.4 is 5.32 Å². The van der Waals surface area contributed by atoms with E-state index >= 15 is 0 Å².